The van der Waals surface area contributed by atoms with Gasteiger partial charge in [0.05, 0.1) is 39.9 Å². The van der Waals surface area contributed by atoms with Crippen LogP contribution in [0.5, 0.6) is 11.5 Å². The fraction of sp³-hybridized carbons (Fsp3) is 0.205. The van der Waals surface area contributed by atoms with Gasteiger partial charge in [-0.3, -0.25) is 0 Å². The minimum atomic E-state index is -1.65. The monoisotopic (exact) mass is 800 g/mol. The van der Waals surface area contributed by atoms with E-state index in [1.807, 2.05) is 149 Å². The van der Waals surface area contributed by atoms with E-state index >= 15 is 0 Å². The average molecular weight is 803 g/mol. The molecule has 6 rings (SSSR count). The Morgan fingerprint density at radius 1 is 0.611 bits per heavy atom. The predicted octanol–water partition coefficient (Wildman–Crippen LogP) is 11.7. The Labute approximate surface area is 337 Å². The van der Waals surface area contributed by atoms with E-state index in [1.54, 1.807) is 14.2 Å². The lowest BCUT2D eigenvalue weighted by Gasteiger charge is -2.28. The van der Waals surface area contributed by atoms with Crippen molar-refractivity contribution in [1.82, 2.24) is 0 Å². The van der Waals surface area contributed by atoms with Gasteiger partial charge in [-0.15, -0.1) is 0 Å². The van der Waals surface area contributed by atoms with Crippen molar-refractivity contribution in [2.45, 2.75) is 19.4 Å². The number of benzene rings is 5. The molecule has 0 radical (unpaired) electrons. The van der Waals surface area contributed by atoms with Crippen LogP contribution in [0.2, 0.25) is 20.1 Å². The molecule has 5 aromatic carbocycles. The van der Waals surface area contributed by atoms with Crippen LogP contribution in [-0.2, 0) is 10.3 Å². The van der Waals surface area contributed by atoms with E-state index in [-0.39, 0.29) is 31.2 Å². The molecule has 54 heavy (non-hydrogen) atoms. The molecule has 0 bridgehead atoms. The van der Waals surface area contributed by atoms with Crippen LogP contribution in [-0.4, -0.2) is 48.4 Å². The lowest BCUT2D eigenvalue weighted by Crippen LogP contribution is -2.23. The number of carbonyl (C=O) groups is 1. The second-order valence-corrected chi connectivity index (χ2v) is 15.1. The number of ether oxygens (including phenoxy) is 3. The van der Waals surface area contributed by atoms with Gasteiger partial charge in [-0.2, -0.15) is 0 Å². The Morgan fingerprint density at radius 2 is 1.02 bits per heavy atom. The van der Waals surface area contributed by atoms with Crippen molar-refractivity contribution in [3.8, 4) is 11.5 Å². The van der Waals surface area contributed by atoms with Crippen LogP contribution >= 0.6 is 46.4 Å². The number of nitrogens with zero attached hydrogens (tertiary/aromatic N) is 2. The number of aryl methyl sites for hydroxylation is 2. The minimum Gasteiger partial charge on any atom is -0.497 e. The van der Waals surface area contributed by atoms with Crippen molar-refractivity contribution >= 4 is 74.9 Å². The van der Waals surface area contributed by atoms with E-state index in [0.717, 1.165) is 55.9 Å². The molecule has 1 aliphatic rings. The van der Waals surface area contributed by atoms with Crippen molar-refractivity contribution in [1.29, 1.82) is 0 Å². The smallest absolute Gasteiger partial charge is 0.341 e. The van der Waals surface area contributed by atoms with Crippen molar-refractivity contribution in [3.05, 3.63) is 162 Å². The van der Waals surface area contributed by atoms with Crippen LogP contribution in [0.15, 0.2) is 97.1 Å². The molecule has 0 unspecified atom stereocenters. The van der Waals surface area contributed by atoms with E-state index in [4.69, 9.17) is 60.6 Å². The first kappa shape index (κ1) is 39.1. The summed E-state index contributed by atoms with van der Waals surface area (Å²) in [7, 11) is 11.2. The van der Waals surface area contributed by atoms with Crippen LogP contribution in [0.25, 0.3) is 11.1 Å². The van der Waals surface area contributed by atoms with E-state index in [1.165, 1.54) is 0 Å². The van der Waals surface area contributed by atoms with Gasteiger partial charge in [0.2, 0.25) is 0 Å². The molecule has 278 valence electrons. The van der Waals surface area contributed by atoms with Crippen LogP contribution in [0.4, 0.5) is 11.4 Å². The lowest BCUT2D eigenvalue weighted by molar-refractivity contribution is 0.0300. The number of anilines is 2. The molecule has 1 aliphatic heterocycles. The van der Waals surface area contributed by atoms with Crippen molar-refractivity contribution < 1.29 is 19.0 Å². The molecule has 6 nitrogen and oxygen atoms in total. The predicted molar refractivity (Wildman–Crippen MR) is 225 cm³/mol. The molecule has 0 saturated heterocycles. The summed E-state index contributed by atoms with van der Waals surface area (Å²) in [6.07, 6.45) is 3.85. The number of rotatable bonds is 10. The Bertz CT molecular complexity index is 2190. The first-order valence-electron chi connectivity index (χ1n) is 17.1. The summed E-state index contributed by atoms with van der Waals surface area (Å²) in [6.45, 7) is 4.02. The third-order valence-electron chi connectivity index (χ3n) is 9.68. The van der Waals surface area contributed by atoms with E-state index in [0.29, 0.717) is 11.5 Å². The summed E-state index contributed by atoms with van der Waals surface area (Å²) in [6, 6.07) is 28.0. The van der Waals surface area contributed by atoms with Crippen LogP contribution in [0.3, 0.4) is 0 Å². The molecule has 0 atom stereocenters. The fourth-order valence-corrected chi connectivity index (χ4v) is 7.84. The highest BCUT2D eigenvalue weighted by atomic mass is 35.5. The molecule has 1 heterocycles. The van der Waals surface area contributed by atoms with Crippen LogP contribution in [0, 0.1) is 13.8 Å². The lowest BCUT2D eigenvalue weighted by atomic mass is 9.82. The van der Waals surface area contributed by atoms with Gasteiger partial charge in [-0.25, -0.2) is 4.79 Å². The van der Waals surface area contributed by atoms with E-state index in [2.05, 4.69) is 0 Å². The van der Waals surface area contributed by atoms with Gasteiger partial charge in [-0.1, -0.05) is 82.8 Å². The van der Waals surface area contributed by atoms with Crippen molar-refractivity contribution in [3.63, 3.8) is 0 Å². The first-order chi connectivity index (χ1) is 25.7. The van der Waals surface area contributed by atoms with Gasteiger partial charge in [0.25, 0.3) is 0 Å². The van der Waals surface area contributed by atoms with Crippen molar-refractivity contribution in [2.24, 2.45) is 0 Å². The molecule has 0 saturated carbocycles. The molecule has 0 aliphatic carbocycles. The molecule has 0 spiro atoms. The standard InChI is InChI=1S/C44H40Cl4N2O4/c1-25-21-31(52-7)17-19-33(25)35(27-9-13-29(14-10-27)49(3)4)23-44(38-37(43(51)54-44)39(45)41(47)42(48)40(38)46)24-36(28-11-15-30(16-12-28)50(5)6)34-20-18-32(53-8)22-26(34)2/h9-24H,1-8H3. The zero-order chi connectivity index (χ0) is 39.1. The van der Waals surface area contributed by atoms with Gasteiger partial charge in [0.1, 0.15) is 11.5 Å². The third-order valence-corrected chi connectivity index (χ3v) is 11.5. The molecule has 0 fully saturated rings. The summed E-state index contributed by atoms with van der Waals surface area (Å²) < 4.78 is 17.7. The molecular formula is C44H40Cl4N2O4. The summed E-state index contributed by atoms with van der Waals surface area (Å²) in [4.78, 5) is 18.3. The second kappa shape index (κ2) is 15.6. The second-order valence-electron chi connectivity index (χ2n) is 13.5. The molecular weight excluding hydrogens is 762 g/mol. The highest BCUT2D eigenvalue weighted by Crippen LogP contribution is 2.54. The average Bonchev–Trinajstić information content (AvgIpc) is 3.45. The largest absolute Gasteiger partial charge is 0.497 e. The molecule has 0 amide bonds. The van der Waals surface area contributed by atoms with Gasteiger partial charge < -0.3 is 24.0 Å². The summed E-state index contributed by atoms with van der Waals surface area (Å²) in [5.41, 5.74) is 7.63. The van der Waals surface area contributed by atoms with Gasteiger partial charge in [-0.05, 0) is 119 Å². The highest BCUT2D eigenvalue weighted by Gasteiger charge is 2.48. The number of hydrogen-bond donors (Lipinski definition) is 0. The quantitative estimate of drug-likeness (QED) is 0.0796. The highest BCUT2D eigenvalue weighted by molar-refractivity contribution is 6.53. The third kappa shape index (κ3) is 7.28. The number of hydrogen-bond acceptors (Lipinski definition) is 6. The van der Waals surface area contributed by atoms with E-state index < -0.39 is 11.6 Å². The SMILES string of the molecule is COc1ccc(C(=CC2(C=C(c3ccc(N(C)C)cc3)c3ccc(OC)cc3C)OC(=O)c3c(Cl)c(Cl)c(Cl)c(Cl)c32)c2ccc(N(C)C)cc2)c(C)c1. The Kier molecular flexibility index (Phi) is 11.3. The first-order valence-corrected chi connectivity index (χ1v) is 18.6. The van der Waals surface area contributed by atoms with Gasteiger partial charge >= 0.3 is 5.97 Å². The zero-order valence-corrected chi connectivity index (χ0v) is 34.3. The maximum Gasteiger partial charge on any atom is 0.341 e. The zero-order valence-electron chi connectivity index (χ0n) is 31.3. The normalized spacial score (nSPS) is 15.5. The number of fused-ring (bicyclic) bond motifs is 1. The summed E-state index contributed by atoms with van der Waals surface area (Å²) in [5.74, 6) is 0.728. The summed E-state index contributed by atoms with van der Waals surface area (Å²) in [5, 5.41) is 0.00655. The summed E-state index contributed by atoms with van der Waals surface area (Å²) >= 11 is 27.4. The van der Waals surface area contributed by atoms with Crippen molar-refractivity contribution in [2.75, 3.05) is 52.2 Å². The van der Waals surface area contributed by atoms with Crippen LogP contribution in [0.1, 0.15) is 49.3 Å². The Hall–Kier alpha value is -4.59. The maximum atomic E-state index is 14.2. The molecule has 5 aromatic rings. The number of methoxy groups -OCH3 is 2. The minimum absolute atomic E-state index is 0.0154. The fourth-order valence-electron chi connectivity index (χ4n) is 6.76. The Morgan fingerprint density at radius 3 is 1.39 bits per heavy atom. The molecule has 0 aromatic heterocycles. The van der Waals surface area contributed by atoms with Gasteiger partial charge in [0.15, 0.2) is 5.60 Å². The number of carbonyl (C=O) groups excluding carboxylic acids is 1. The molecule has 0 N–H and O–H groups in total. The number of cyclic esters (lactones) is 1. The number of halogens is 4. The van der Waals surface area contributed by atoms with Gasteiger partial charge in [0, 0.05) is 45.1 Å². The topological polar surface area (TPSA) is 51.2 Å². The number of esters is 1. The Balaban J connectivity index is 1.78. The van der Waals surface area contributed by atoms with E-state index in [9.17, 15) is 4.79 Å². The van der Waals surface area contributed by atoms with Crippen LogP contribution < -0.4 is 19.3 Å². The maximum absolute atomic E-state index is 14.2. The molecule has 10 heteroatoms.